The number of terminal acetylenes is 1. The van der Waals surface area contributed by atoms with E-state index in [1.54, 1.807) is 0 Å². The molecule has 2 nitrogen and oxygen atoms in total. The van der Waals surface area contributed by atoms with Gasteiger partial charge in [0.1, 0.15) is 11.9 Å². The van der Waals surface area contributed by atoms with E-state index in [2.05, 4.69) is 6.11 Å². The van der Waals surface area contributed by atoms with E-state index in [-0.39, 0.29) is 5.92 Å². The van der Waals surface area contributed by atoms with Crippen molar-refractivity contribution in [1.29, 1.82) is 0 Å². The SMILES string of the molecule is C#CO/C(=C\N)C(C)C. The van der Waals surface area contributed by atoms with Crippen molar-refractivity contribution in [3.63, 3.8) is 0 Å². The maximum absolute atomic E-state index is 5.18. The van der Waals surface area contributed by atoms with Gasteiger partial charge in [0.05, 0.1) is 0 Å². The van der Waals surface area contributed by atoms with Gasteiger partial charge in [0.2, 0.25) is 0 Å². The summed E-state index contributed by atoms with van der Waals surface area (Å²) in [4.78, 5) is 0. The Morgan fingerprint density at radius 3 is 2.44 bits per heavy atom. The fraction of sp³-hybridized carbons (Fsp3) is 0.429. The molecular formula is C7H11NO. The highest BCUT2D eigenvalue weighted by Gasteiger charge is 2.00. The highest BCUT2D eigenvalue weighted by atomic mass is 16.5. The van der Waals surface area contributed by atoms with Gasteiger partial charge in [-0.2, -0.15) is 0 Å². The van der Waals surface area contributed by atoms with Gasteiger partial charge in [0.25, 0.3) is 0 Å². The molecule has 0 heterocycles. The number of ether oxygens (including phenoxy) is 1. The summed E-state index contributed by atoms with van der Waals surface area (Å²) in [5.74, 6) is 0.892. The van der Waals surface area contributed by atoms with Crippen molar-refractivity contribution >= 4 is 0 Å². The molecule has 2 heteroatoms. The fourth-order valence-corrected chi connectivity index (χ4v) is 0.412. The lowest BCUT2D eigenvalue weighted by Gasteiger charge is -2.04. The Balaban J connectivity index is 3.89. The van der Waals surface area contributed by atoms with Crippen molar-refractivity contribution in [3.05, 3.63) is 12.0 Å². The minimum absolute atomic E-state index is 0.256. The van der Waals surface area contributed by atoms with Crippen LogP contribution in [0, 0.1) is 18.4 Å². The van der Waals surface area contributed by atoms with Gasteiger partial charge in [-0.05, 0) is 0 Å². The zero-order valence-electron chi connectivity index (χ0n) is 5.72. The van der Waals surface area contributed by atoms with Gasteiger partial charge < -0.3 is 10.5 Å². The van der Waals surface area contributed by atoms with Crippen LogP contribution in [0.15, 0.2) is 12.0 Å². The number of rotatable bonds is 2. The smallest absolute Gasteiger partial charge is 0.135 e. The van der Waals surface area contributed by atoms with Gasteiger partial charge >= 0.3 is 0 Å². The molecule has 0 bridgehead atoms. The zero-order valence-corrected chi connectivity index (χ0v) is 5.72. The fourth-order valence-electron chi connectivity index (χ4n) is 0.412. The van der Waals surface area contributed by atoms with Crippen LogP contribution in [0.1, 0.15) is 13.8 Å². The first-order valence-electron chi connectivity index (χ1n) is 2.76. The molecule has 0 aliphatic rings. The Hall–Kier alpha value is -1.10. The van der Waals surface area contributed by atoms with Crippen molar-refractivity contribution in [3.8, 4) is 12.5 Å². The van der Waals surface area contributed by atoms with Crippen LogP contribution in [0.2, 0.25) is 0 Å². The number of allylic oxidation sites excluding steroid dienone is 1. The lowest BCUT2D eigenvalue weighted by molar-refractivity contribution is 0.331. The first-order valence-corrected chi connectivity index (χ1v) is 2.76. The highest BCUT2D eigenvalue weighted by molar-refractivity contribution is 4.96. The third-order valence-corrected chi connectivity index (χ3v) is 0.910. The molecule has 0 aliphatic heterocycles. The van der Waals surface area contributed by atoms with E-state index in [1.165, 1.54) is 6.20 Å². The van der Waals surface area contributed by atoms with Crippen molar-refractivity contribution in [2.45, 2.75) is 13.8 Å². The van der Waals surface area contributed by atoms with Gasteiger partial charge in [-0.1, -0.05) is 20.3 Å². The molecule has 50 valence electrons. The summed E-state index contributed by atoms with van der Waals surface area (Å²) in [5, 5.41) is 0. The average Bonchev–Trinajstić information content (AvgIpc) is 1.82. The van der Waals surface area contributed by atoms with Crippen LogP contribution in [-0.4, -0.2) is 0 Å². The summed E-state index contributed by atoms with van der Waals surface area (Å²) in [7, 11) is 0. The molecule has 0 aromatic rings. The topological polar surface area (TPSA) is 35.2 Å². The second kappa shape index (κ2) is 3.85. The van der Waals surface area contributed by atoms with Crippen LogP contribution < -0.4 is 5.73 Å². The molecule has 0 radical (unpaired) electrons. The summed E-state index contributed by atoms with van der Waals surface area (Å²) < 4.78 is 4.72. The van der Waals surface area contributed by atoms with Crippen LogP contribution in [0.4, 0.5) is 0 Å². The molecule has 0 saturated carbocycles. The normalized spacial score (nSPS) is 11.1. The van der Waals surface area contributed by atoms with E-state index < -0.39 is 0 Å². The molecule has 0 aromatic carbocycles. The maximum Gasteiger partial charge on any atom is 0.135 e. The van der Waals surface area contributed by atoms with E-state index in [9.17, 15) is 0 Å². The van der Waals surface area contributed by atoms with Crippen LogP contribution >= 0.6 is 0 Å². The van der Waals surface area contributed by atoms with Crippen LogP contribution in [-0.2, 0) is 4.74 Å². The maximum atomic E-state index is 5.18. The summed E-state index contributed by atoms with van der Waals surface area (Å²) in [6, 6.07) is 0. The summed E-state index contributed by atoms with van der Waals surface area (Å²) in [6.45, 7) is 3.91. The van der Waals surface area contributed by atoms with E-state index in [0.717, 1.165) is 0 Å². The molecule has 0 fully saturated rings. The molecule has 0 rings (SSSR count). The highest BCUT2D eigenvalue weighted by Crippen LogP contribution is 2.07. The molecule has 0 amide bonds. The monoisotopic (exact) mass is 125 g/mol. The van der Waals surface area contributed by atoms with Crippen LogP contribution in [0.5, 0.6) is 0 Å². The molecule has 0 spiro atoms. The molecule has 9 heavy (non-hydrogen) atoms. The van der Waals surface area contributed by atoms with Gasteiger partial charge in [-0.15, -0.1) is 0 Å². The minimum atomic E-state index is 0.256. The molecule has 0 unspecified atom stereocenters. The van der Waals surface area contributed by atoms with Gasteiger partial charge in [-0.25, -0.2) is 0 Å². The predicted molar refractivity (Wildman–Crippen MR) is 37.0 cm³/mol. The lowest BCUT2D eigenvalue weighted by Crippen LogP contribution is -1.98. The Kier molecular flexibility index (Phi) is 3.38. The molecule has 0 aromatic heterocycles. The van der Waals surface area contributed by atoms with Crippen LogP contribution in [0.25, 0.3) is 0 Å². The lowest BCUT2D eigenvalue weighted by atomic mass is 10.2. The zero-order chi connectivity index (χ0) is 7.28. The molecule has 0 saturated heterocycles. The van der Waals surface area contributed by atoms with Gasteiger partial charge in [-0.3, -0.25) is 0 Å². The summed E-state index contributed by atoms with van der Waals surface area (Å²) >= 11 is 0. The standard InChI is InChI=1S/C7H11NO/c1-4-9-7(5-8)6(2)3/h1,5-6H,8H2,2-3H3/b7-5-. The van der Waals surface area contributed by atoms with E-state index >= 15 is 0 Å². The second-order valence-corrected chi connectivity index (χ2v) is 1.94. The van der Waals surface area contributed by atoms with Gasteiger partial charge in [0.15, 0.2) is 0 Å². The Labute approximate surface area is 55.7 Å². The average molecular weight is 125 g/mol. The number of nitrogens with two attached hydrogens (primary N) is 1. The van der Waals surface area contributed by atoms with Gasteiger partial charge in [0, 0.05) is 12.1 Å². The first-order chi connectivity index (χ1) is 4.22. The summed E-state index contributed by atoms with van der Waals surface area (Å²) in [5.41, 5.74) is 5.18. The minimum Gasteiger partial charge on any atom is -0.410 e. The van der Waals surface area contributed by atoms with E-state index in [0.29, 0.717) is 5.76 Å². The van der Waals surface area contributed by atoms with E-state index in [1.807, 2.05) is 13.8 Å². The Morgan fingerprint density at radius 1 is 1.78 bits per heavy atom. The third kappa shape index (κ3) is 2.65. The van der Waals surface area contributed by atoms with Crippen LogP contribution in [0.3, 0.4) is 0 Å². The second-order valence-electron chi connectivity index (χ2n) is 1.94. The van der Waals surface area contributed by atoms with Crippen molar-refractivity contribution in [2.24, 2.45) is 11.7 Å². The van der Waals surface area contributed by atoms with Crippen molar-refractivity contribution < 1.29 is 4.74 Å². The van der Waals surface area contributed by atoms with E-state index in [4.69, 9.17) is 16.9 Å². The van der Waals surface area contributed by atoms with Crippen molar-refractivity contribution in [1.82, 2.24) is 0 Å². The molecule has 0 atom stereocenters. The Bertz CT molecular complexity index is 141. The predicted octanol–water partition coefficient (Wildman–Crippen LogP) is 1.05. The Morgan fingerprint density at radius 2 is 2.33 bits per heavy atom. The first kappa shape index (κ1) is 7.90. The molecule has 0 aliphatic carbocycles. The quantitative estimate of drug-likeness (QED) is 0.442. The summed E-state index contributed by atoms with van der Waals surface area (Å²) in [6.07, 6.45) is 8.31. The van der Waals surface area contributed by atoms with Crippen molar-refractivity contribution in [2.75, 3.05) is 0 Å². The third-order valence-electron chi connectivity index (χ3n) is 0.910. The molecule has 2 N–H and O–H groups in total. The largest absolute Gasteiger partial charge is 0.410 e. The number of hydrogen-bond acceptors (Lipinski definition) is 2. The molecular weight excluding hydrogens is 114 g/mol. The number of hydrogen-bond donors (Lipinski definition) is 1.